The number of hydrogen-bond donors (Lipinski definition) is 2. The Morgan fingerprint density at radius 1 is 1.07 bits per heavy atom. The number of carbonyl (C=O) groups excluding carboxylic acids is 1. The molecular weight excluding hydrogens is 539 g/mol. The molecule has 2 heterocycles. The third-order valence-electron chi connectivity index (χ3n) is 7.90. The van der Waals surface area contributed by atoms with Gasteiger partial charge in [0.25, 0.3) is 0 Å². The lowest BCUT2D eigenvalue weighted by molar-refractivity contribution is -0.130. The summed E-state index contributed by atoms with van der Waals surface area (Å²) in [5.41, 5.74) is 2.20. The van der Waals surface area contributed by atoms with Gasteiger partial charge in [-0.25, -0.2) is 0 Å². The molecule has 0 bridgehead atoms. The fraction of sp³-hybridized carbons (Fsp3) is 0.375. The highest BCUT2D eigenvalue weighted by Crippen LogP contribution is 2.50. The van der Waals surface area contributed by atoms with Crippen LogP contribution in [0.15, 0.2) is 77.7 Å². The summed E-state index contributed by atoms with van der Waals surface area (Å²) in [6, 6.07) is 25.1. The number of ether oxygens (including phenoxy) is 2. The third-order valence-corrected chi connectivity index (χ3v) is 8.85. The van der Waals surface area contributed by atoms with Crippen LogP contribution in [0.1, 0.15) is 42.4 Å². The summed E-state index contributed by atoms with van der Waals surface area (Å²) in [7, 11) is 1.71. The van der Waals surface area contributed by atoms with Crippen molar-refractivity contribution in [1.29, 1.82) is 5.26 Å². The molecule has 2 unspecified atom stereocenters. The van der Waals surface area contributed by atoms with E-state index in [2.05, 4.69) is 28.2 Å². The van der Waals surface area contributed by atoms with Crippen LogP contribution in [0.3, 0.4) is 0 Å². The second-order valence-corrected chi connectivity index (χ2v) is 11.6. The first-order valence-electron chi connectivity index (χ1n) is 14.0. The molecule has 3 aromatic carbocycles. The van der Waals surface area contributed by atoms with E-state index in [4.69, 9.17) is 14.7 Å². The normalized spacial score (nSPS) is 19.3. The molecule has 0 spiro atoms. The number of fused-ring (bicyclic) bond motifs is 2. The van der Waals surface area contributed by atoms with E-state index in [1.54, 1.807) is 19.2 Å². The molecule has 2 N–H and O–H groups in total. The first-order chi connectivity index (χ1) is 20.0. The number of methoxy groups -OCH3 is 1. The van der Waals surface area contributed by atoms with E-state index in [1.165, 1.54) is 11.9 Å². The van der Waals surface area contributed by atoms with Gasteiger partial charge in [0.2, 0.25) is 5.91 Å². The number of benzene rings is 3. The topological polar surface area (TPSA) is 86.6 Å². The van der Waals surface area contributed by atoms with E-state index in [0.29, 0.717) is 25.1 Å². The highest BCUT2D eigenvalue weighted by molar-refractivity contribution is 7.97. The molecule has 0 radical (unpaired) electrons. The van der Waals surface area contributed by atoms with Crippen LogP contribution in [0.2, 0.25) is 0 Å². The number of nitriles is 1. The molecule has 0 aliphatic carbocycles. The van der Waals surface area contributed by atoms with E-state index in [1.807, 2.05) is 48.5 Å². The molecule has 214 valence electrons. The van der Waals surface area contributed by atoms with Crippen LogP contribution in [0, 0.1) is 17.2 Å². The fourth-order valence-corrected chi connectivity index (χ4v) is 6.58. The Balaban J connectivity index is 1.31. The summed E-state index contributed by atoms with van der Waals surface area (Å²) in [5, 5.41) is 13.0. The van der Waals surface area contributed by atoms with Gasteiger partial charge in [0.05, 0.1) is 17.6 Å². The summed E-state index contributed by atoms with van der Waals surface area (Å²) in [6.45, 7) is 1.32. The van der Waals surface area contributed by atoms with Crippen LogP contribution in [-0.4, -0.2) is 50.4 Å². The van der Waals surface area contributed by atoms with Crippen molar-refractivity contribution in [3.63, 3.8) is 0 Å². The Morgan fingerprint density at radius 2 is 1.76 bits per heavy atom. The third kappa shape index (κ3) is 6.74. The van der Waals surface area contributed by atoms with E-state index < -0.39 is 11.3 Å². The molecule has 41 heavy (non-hydrogen) atoms. The maximum atomic E-state index is 14.7. The van der Waals surface area contributed by atoms with Gasteiger partial charge >= 0.3 is 0 Å². The van der Waals surface area contributed by atoms with Crippen molar-refractivity contribution in [3.05, 3.63) is 89.5 Å². The van der Waals surface area contributed by atoms with Crippen molar-refractivity contribution in [1.82, 2.24) is 15.2 Å². The van der Waals surface area contributed by atoms with Gasteiger partial charge in [0, 0.05) is 60.8 Å². The zero-order chi connectivity index (χ0) is 28.7. The molecule has 2 atom stereocenters. The zero-order valence-corrected chi connectivity index (χ0v) is 24.0. The van der Waals surface area contributed by atoms with Crippen molar-refractivity contribution in [3.8, 4) is 17.6 Å². The average molecular weight is 575 g/mol. The number of nitrogens with one attached hydrogen (secondary N) is 2. The van der Waals surface area contributed by atoms with E-state index in [0.717, 1.165) is 51.9 Å². The van der Waals surface area contributed by atoms with Gasteiger partial charge in [0.1, 0.15) is 11.5 Å². The second-order valence-electron chi connectivity index (χ2n) is 10.7. The van der Waals surface area contributed by atoms with E-state index >= 15 is 0 Å². The molecule has 9 heteroatoms. The van der Waals surface area contributed by atoms with Gasteiger partial charge in [-0.3, -0.25) is 9.52 Å². The Hall–Kier alpha value is -3.42. The molecule has 0 aromatic heterocycles. The van der Waals surface area contributed by atoms with Crippen LogP contribution < -0.4 is 14.8 Å². The Bertz CT molecular complexity index is 1330. The lowest BCUT2D eigenvalue weighted by Crippen LogP contribution is -2.51. The second kappa shape index (κ2) is 13.5. The van der Waals surface area contributed by atoms with Crippen LogP contribution in [0.4, 0.5) is 4.48 Å². The minimum Gasteiger partial charge on any atom is -0.457 e. The molecule has 3 aromatic rings. The largest absolute Gasteiger partial charge is 0.457 e. The van der Waals surface area contributed by atoms with Crippen molar-refractivity contribution in [2.75, 3.05) is 33.4 Å². The molecule has 7 nitrogen and oxygen atoms in total. The summed E-state index contributed by atoms with van der Waals surface area (Å²) < 4.78 is 29.6. The molecule has 1 amide bonds. The van der Waals surface area contributed by atoms with Gasteiger partial charge in [-0.15, -0.1) is 9.60 Å². The maximum absolute atomic E-state index is 14.7. The van der Waals surface area contributed by atoms with Crippen molar-refractivity contribution < 1.29 is 18.7 Å². The van der Waals surface area contributed by atoms with Gasteiger partial charge in [-0.1, -0.05) is 36.4 Å². The van der Waals surface area contributed by atoms with Crippen molar-refractivity contribution in [2.45, 2.75) is 42.0 Å². The number of nitrogens with zero attached hydrogens (tertiary/aromatic N) is 2. The molecular formula is C32H35FN4O3S. The number of rotatable bonds is 11. The molecule has 5 rings (SSSR count). The monoisotopic (exact) mass is 574 g/mol. The minimum atomic E-state index is -0.497. The molecule has 1 saturated heterocycles. The smallest absolute Gasteiger partial charge is 0.224 e. The minimum absolute atomic E-state index is 0.0582. The Morgan fingerprint density at radius 3 is 2.41 bits per heavy atom. The predicted molar refractivity (Wildman–Crippen MR) is 157 cm³/mol. The number of carbonyl (C=O) groups is 1. The summed E-state index contributed by atoms with van der Waals surface area (Å²) >= 11 is 1.39. The van der Waals surface area contributed by atoms with Crippen LogP contribution in [0.25, 0.3) is 0 Å². The van der Waals surface area contributed by atoms with Gasteiger partial charge in [-0.05, 0) is 74.0 Å². The summed E-state index contributed by atoms with van der Waals surface area (Å²) in [5.74, 6) is 0.941. The Kier molecular flexibility index (Phi) is 9.57. The van der Waals surface area contributed by atoms with Gasteiger partial charge < -0.3 is 14.8 Å². The summed E-state index contributed by atoms with van der Waals surface area (Å²) in [4.78, 5) is 14.5. The highest BCUT2D eigenvalue weighted by Gasteiger charge is 2.42. The van der Waals surface area contributed by atoms with Crippen LogP contribution >= 0.6 is 11.9 Å². The zero-order valence-electron chi connectivity index (χ0n) is 23.1. The summed E-state index contributed by atoms with van der Waals surface area (Å²) in [6.07, 6.45) is 3.14. The number of para-hydroxylation sites is 2. The number of unbranched alkanes of at least 4 members (excludes halogenated alkanes) is 1. The van der Waals surface area contributed by atoms with Crippen LogP contribution in [0.5, 0.6) is 11.5 Å². The molecule has 1 fully saturated rings. The van der Waals surface area contributed by atoms with Gasteiger partial charge in [-0.2, -0.15) is 5.26 Å². The van der Waals surface area contributed by atoms with Crippen molar-refractivity contribution in [2.24, 2.45) is 5.92 Å². The number of hydrogen-bond acceptors (Lipinski definition) is 7. The Labute approximate surface area is 245 Å². The van der Waals surface area contributed by atoms with E-state index in [9.17, 15) is 9.28 Å². The average Bonchev–Trinajstić information content (AvgIpc) is 3.00. The predicted octanol–water partition coefficient (Wildman–Crippen LogP) is 5.75. The van der Waals surface area contributed by atoms with Gasteiger partial charge in [0.15, 0.2) is 0 Å². The number of halogens is 1. The van der Waals surface area contributed by atoms with Crippen LogP contribution in [-0.2, 0) is 14.9 Å². The molecule has 2 aliphatic rings. The lowest BCUT2D eigenvalue weighted by atomic mass is 9.69. The van der Waals surface area contributed by atoms with Crippen molar-refractivity contribution >= 4 is 17.9 Å². The lowest BCUT2D eigenvalue weighted by Gasteiger charge is -2.41. The maximum Gasteiger partial charge on any atom is 0.224 e. The van der Waals surface area contributed by atoms with E-state index in [-0.39, 0.29) is 25.0 Å². The fourth-order valence-electron chi connectivity index (χ4n) is 5.84. The molecule has 2 aliphatic heterocycles. The number of amides is 1. The quantitative estimate of drug-likeness (QED) is 0.171. The molecule has 0 saturated carbocycles. The first-order valence-corrected chi connectivity index (χ1v) is 14.8. The standard InChI is InChI=1S/C32H35FN4O3S/c1-39-17-7-6-16-32(27-8-2-4-10-29(27)40-30-11-5-3-9-28(30)32)22-35-31(38)24-18-25(21-37(33)20-24)36-41-26-14-12-23(19-34)13-15-26/h2-5,8-15,24-25,36H,6-7,16-18,20-22H2,1H3,(H,35,38). The first kappa shape index (κ1) is 29.1. The highest BCUT2D eigenvalue weighted by atomic mass is 32.2. The SMILES string of the molecule is COCCCCC1(CNC(=O)C2CC(NSc3ccc(C#N)cc3)CN(F)C2)c2ccccc2Oc2ccccc21. The number of piperidine rings is 1.